The number of ether oxygens (including phenoxy) is 2. The van der Waals surface area contributed by atoms with Crippen LogP contribution in [0.5, 0.6) is 11.5 Å². The summed E-state index contributed by atoms with van der Waals surface area (Å²) < 4.78 is 15.8. The minimum absolute atomic E-state index is 0.00456. The maximum Gasteiger partial charge on any atom is 0.349 e. The predicted molar refractivity (Wildman–Crippen MR) is 123 cm³/mol. The highest BCUT2D eigenvalue weighted by molar-refractivity contribution is 5.97. The second kappa shape index (κ2) is 9.74. The minimum Gasteiger partial charge on any atom is -0.497 e. The smallest absolute Gasteiger partial charge is 0.349 e. The van der Waals surface area contributed by atoms with E-state index in [4.69, 9.17) is 13.9 Å². The van der Waals surface area contributed by atoms with E-state index in [0.29, 0.717) is 23.3 Å². The van der Waals surface area contributed by atoms with Gasteiger partial charge in [-0.1, -0.05) is 12.1 Å². The quantitative estimate of drug-likeness (QED) is 0.568. The highest BCUT2D eigenvalue weighted by atomic mass is 16.5. The molecule has 0 radical (unpaired) electrons. The number of nitrogens with one attached hydrogen (secondary N) is 1. The average molecular weight is 437 g/mol. The Morgan fingerprint density at radius 2 is 1.78 bits per heavy atom. The molecule has 1 aromatic heterocycles. The van der Waals surface area contributed by atoms with E-state index in [2.05, 4.69) is 27.2 Å². The molecule has 0 bridgehead atoms. The summed E-state index contributed by atoms with van der Waals surface area (Å²) in [5.74, 6) is 0.878. The van der Waals surface area contributed by atoms with Gasteiger partial charge < -0.3 is 24.1 Å². The van der Waals surface area contributed by atoms with Gasteiger partial charge in [0, 0.05) is 50.3 Å². The number of methoxy groups -OCH3 is 2. The lowest BCUT2D eigenvalue weighted by Crippen LogP contribution is -2.48. The molecule has 2 heterocycles. The topological polar surface area (TPSA) is 84.2 Å². The molecular weight excluding hydrogens is 410 g/mol. The molecule has 1 aliphatic rings. The predicted octanol–water partition coefficient (Wildman–Crippen LogP) is 2.36. The molecule has 0 unspecified atom stereocenters. The van der Waals surface area contributed by atoms with Crippen molar-refractivity contribution in [3.8, 4) is 11.5 Å². The van der Waals surface area contributed by atoms with Crippen LogP contribution < -0.4 is 25.3 Å². The molecule has 0 atom stereocenters. The molecule has 1 saturated heterocycles. The average Bonchev–Trinajstić information content (AvgIpc) is 2.83. The number of amides is 1. The second-order valence-electron chi connectivity index (χ2n) is 7.61. The molecule has 1 N–H and O–H groups in total. The minimum atomic E-state index is -0.674. The number of fused-ring (bicyclic) bond motifs is 1. The standard InChI is InChI=1S/C24H27N3O5/c1-30-19-8-6-18(7-9-19)27-14-12-26(13-15-27)11-10-25-23(28)20-16-17-4-3-5-21(31-2)22(17)32-24(20)29/h3-9,16H,10-15H2,1-2H3,(H,25,28). The molecule has 0 saturated carbocycles. The number of nitrogens with zero attached hydrogens (tertiary/aromatic N) is 2. The maximum atomic E-state index is 12.6. The van der Waals surface area contributed by atoms with Crippen LogP contribution in [0.3, 0.4) is 0 Å². The van der Waals surface area contributed by atoms with Crippen molar-refractivity contribution in [2.75, 3.05) is 58.4 Å². The van der Waals surface area contributed by atoms with Crippen LogP contribution in [0.2, 0.25) is 0 Å². The first-order chi connectivity index (χ1) is 15.6. The number of carbonyl (C=O) groups excluding carboxylic acids is 1. The van der Waals surface area contributed by atoms with Gasteiger partial charge in [-0.25, -0.2) is 4.79 Å². The van der Waals surface area contributed by atoms with Gasteiger partial charge in [-0.3, -0.25) is 9.69 Å². The third kappa shape index (κ3) is 4.70. The maximum absolute atomic E-state index is 12.6. The molecular formula is C24H27N3O5. The molecule has 1 fully saturated rings. The molecule has 8 heteroatoms. The number of benzene rings is 2. The van der Waals surface area contributed by atoms with Crippen molar-refractivity contribution in [1.82, 2.24) is 10.2 Å². The van der Waals surface area contributed by atoms with Gasteiger partial charge in [-0.05, 0) is 36.4 Å². The van der Waals surface area contributed by atoms with Crippen LogP contribution in [-0.2, 0) is 0 Å². The first-order valence-electron chi connectivity index (χ1n) is 10.6. The lowest BCUT2D eigenvalue weighted by molar-refractivity contribution is 0.0944. The summed E-state index contributed by atoms with van der Waals surface area (Å²) in [7, 11) is 3.17. The number of para-hydroxylation sites is 1. The molecule has 0 aliphatic carbocycles. The van der Waals surface area contributed by atoms with Crippen LogP contribution in [0.4, 0.5) is 5.69 Å². The molecule has 8 nitrogen and oxygen atoms in total. The van der Waals surface area contributed by atoms with Gasteiger partial charge in [0.15, 0.2) is 11.3 Å². The fourth-order valence-electron chi connectivity index (χ4n) is 3.88. The van der Waals surface area contributed by atoms with E-state index < -0.39 is 11.5 Å². The van der Waals surface area contributed by atoms with Crippen molar-refractivity contribution in [2.24, 2.45) is 0 Å². The van der Waals surface area contributed by atoms with Crippen LogP contribution in [0.25, 0.3) is 11.0 Å². The molecule has 1 aliphatic heterocycles. The van der Waals surface area contributed by atoms with Crippen LogP contribution in [0, 0.1) is 0 Å². The van der Waals surface area contributed by atoms with E-state index in [-0.39, 0.29) is 5.56 Å². The van der Waals surface area contributed by atoms with E-state index in [0.717, 1.165) is 38.5 Å². The Kier molecular flexibility index (Phi) is 6.61. The number of hydrogen-bond donors (Lipinski definition) is 1. The Balaban J connectivity index is 1.29. The Morgan fingerprint density at radius 1 is 1.03 bits per heavy atom. The van der Waals surface area contributed by atoms with Crippen LogP contribution in [0.15, 0.2) is 57.7 Å². The fourth-order valence-corrected chi connectivity index (χ4v) is 3.88. The summed E-state index contributed by atoms with van der Waals surface area (Å²) in [5.41, 5.74) is 0.840. The summed E-state index contributed by atoms with van der Waals surface area (Å²) in [6.45, 7) is 4.80. The van der Waals surface area contributed by atoms with Crippen LogP contribution in [0.1, 0.15) is 10.4 Å². The molecule has 1 amide bonds. The number of carbonyl (C=O) groups is 1. The molecule has 168 valence electrons. The number of anilines is 1. The highest BCUT2D eigenvalue weighted by Gasteiger charge is 2.19. The normalized spacial score (nSPS) is 14.4. The summed E-state index contributed by atoms with van der Waals surface area (Å²) in [4.78, 5) is 29.5. The summed E-state index contributed by atoms with van der Waals surface area (Å²) in [6.07, 6.45) is 0. The molecule has 4 rings (SSSR count). The third-order valence-electron chi connectivity index (χ3n) is 5.71. The van der Waals surface area contributed by atoms with Crippen molar-refractivity contribution in [3.63, 3.8) is 0 Å². The fraction of sp³-hybridized carbons (Fsp3) is 0.333. The van der Waals surface area contributed by atoms with E-state index in [1.165, 1.54) is 12.8 Å². The zero-order valence-corrected chi connectivity index (χ0v) is 18.3. The molecule has 32 heavy (non-hydrogen) atoms. The molecule has 3 aromatic rings. The summed E-state index contributed by atoms with van der Waals surface area (Å²) in [5, 5.41) is 3.48. The second-order valence-corrected chi connectivity index (χ2v) is 7.61. The van der Waals surface area contributed by atoms with Crippen LogP contribution in [-0.4, -0.2) is 64.3 Å². The van der Waals surface area contributed by atoms with Gasteiger partial charge in [0.25, 0.3) is 5.91 Å². The SMILES string of the molecule is COc1ccc(N2CCN(CCNC(=O)c3cc4cccc(OC)c4oc3=O)CC2)cc1. The first-order valence-corrected chi connectivity index (χ1v) is 10.6. The van der Waals surface area contributed by atoms with E-state index in [1.807, 2.05) is 12.1 Å². The summed E-state index contributed by atoms with van der Waals surface area (Å²) in [6, 6.07) is 14.9. The Labute approximate surface area is 186 Å². The Hall–Kier alpha value is -3.52. The van der Waals surface area contributed by atoms with Gasteiger partial charge in [0.05, 0.1) is 14.2 Å². The molecule has 2 aromatic carbocycles. The number of rotatable bonds is 7. The molecule has 0 spiro atoms. The lowest BCUT2D eigenvalue weighted by Gasteiger charge is -2.36. The Morgan fingerprint density at radius 3 is 2.47 bits per heavy atom. The van der Waals surface area contributed by atoms with Gasteiger partial charge in [0.2, 0.25) is 0 Å². The van der Waals surface area contributed by atoms with Crippen molar-refractivity contribution >= 4 is 22.6 Å². The third-order valence-corrected chi connectivity index (χ3v) is 5.71. The van der Waals surface area contributed by atoms with Crippen molar-refractivity contribution in [1.29, 1.82) is 0 Å². The largest absolute Gasteiger partial charge is 0.497 e. The first kappa shape index (κ1) is 21.7. The Bertz CT molecular complexity index is 1130. The number of hydrogen-bond acceptors (Lipinski definition) is 7. The van der Waals surface area contributed by atoms with Crippen molar-refractivity contribution < 1.29 is 18.7 Å². The zero-order chi connectivity index (χ0) is 22.5. The van der Waals surface area contributed by atoms with Crippen LogP contribution >= 0.6 is 0 Å². The zero-order valence-electron chi connectivity index (χ0n) is 18.3. The number of piperazine rings is 1. The van der Waals surface area contributed by atoms with Gasteiger partial charge in [-0.2, -0.15) is 0 Å². The van der Waals surface area contributed by atoms with Gasteiger partial charge >= 0.3 is 5.63 Å². The lowest BCUT2D eigenvalue weighted by atomic mass is 10.1. The van der Waals surface area contributed by atoms with E-state index in [1.54, 1.807) is 31.4 Å². The van der Waals surface area contributed by atoms with Gasteiger partial charge in [0.1, 0.15) is 11.3 Å². The van der Waals surface area contributed by atoms with E-state index in [9.17, 15) is 9.59 Å². The van der Waals surface area contributed by atoms with E-state index >= 15 is 0 Å². The van der Waals surface area contributed by atoms with Crippen molar-refractivity contribution in [2.45, 2.75) is 0 Å². The summed E-state index contributed by atoms with van der Waals surface area (Å²) >= 11 is 0. The monoisotopic (exact) mass is 437 g/mol. The highest BCUT2D eigenvalue weighted by Crippen LogP contribution is 2.24. The van der Waals surface area contributed by atoms with Gasteiger partial charge in [-0.15, -0.1) is 0 Å². The van der Waals surface area contributed by atoms with Crippen molar-refractivity contribution in [3.05, 3.63) is 64.5 Å².